The van der Waals surface area contributed by atoms with Crippen LogP contribution in [0.1, 0.15) is 168 Å². The van der Waals surface area contributed by atoms with Crippen LogP contribution in [0, 0.1) is 5.92 Å². The number of Topliss-reactive ketones (excluding diaryl/α,β-unsaturated/α-hetero) is 2. The molecule has 0 saturated carbocycles. The summed E-state index contributed by atoms with van der Waals surface area (Å²) in [4.78, 5) is 27.8. The number of aromatic hydroxyl groups is 2. The monoisotopic (exact) mass is 665 g/mol. The number of phenols is 2. The van der Waals surface area contributed by atoms with Gasteiger partial charge >= 0.3 is 0 Å². The number of hydrogen-bond donors (Lipinski definition) is 4. The van der Waals surface area contributed by atoms with Crippen LogP contribution in [0.3, 0.4) is 0 Å². The van der Waals surface area contributed by atoms with Crippen LogP contribution in [0.25, 0.3) is 0 Å². The Hall–Kier alpha value is -2.70. The second-order valence-corrected chi connectivity index (χ2v) is 18.3. The number of ketones is 2. The van der Waals surface area contributed by atoms with Gasteiger partial charge in [-0.3, -0.25) is 9.59 Å². The van der Waals surface area contributed by atoms with Crippen LogP contribution in [0.4, 0.5) is 0 Å². The number of carbonyl (C=O) groups is 2. The van der Waals surface area contributed by atoms with E-state index >= 15 is 0 Å². The maximum absolute atomic E-state index is 14.0. The van der Waals surface area contributed by atoms with Crippen molar-refractivity contribution < 1.29 is 19.8 Å². The predicted octanol–water partition coefficient (Wildman–Crippen LogP) is 9.19. The standard InChI is InChI=1S/C42H68N2O4/c1-14-15-16-17-18-29(34(45)21-19-27-23-30(38(2,3)4)36(47)31(24-27)39(5,6)7)42(43,44)35(46)22-20-28-25-32(40(8,9)10)37(48)33(26-28)41(11,12)13/h23-26,29,47-48H,14-22,43-44H2,1-13H3. The minimum atomic E-state index is -1.79. The fourth-order valence-corrected chi connectivity index (χ4v) is 6.52. The fraction of sp³-hybridized carbons (Fsp3) is 0.667. The van der Waals surface area contributed by atoms with Crippen LogP contribution in [0.15, 0.2) is 24.3 Å². The maximum atomic E-state index is 14.0. The van der Waals surface area contributed by atoms with E-state index < -0.39 is 11.6 Å². The zero-order valence-electron chi connectivity index (χ0n) is 32.6. The van der Waals surface area contributed by atoms with Crippen molar-refractivity contribution in [1.29, 1.82) is 0 Å². The average molecular weight is 665 g/mol. The Morgan fingerprint density at radius 1 is 0.604 bits per heavy atom. The highest BCUT2D eigenvalue weighted by molar-refractivity contribution is 5.95. The van der Waals surface area contributed by atoms with E-state index in [-0.39, 0.29) is 46.1 Å². The number of hydrogen-bond acceptors (Lipinski definition) is 6. The van der Waals surface area contributed by atoms with Gasteiger partial charge in [0.1, 0.15) is 22.9 Å². The van der Waals surface area contributed by atoms with Crippen molar-refractivity contribution in [1.82, 2.24) is 0 Å². The number of nitrogens with two attached hydrogens (primary N) is 2. The van der Waals surface area contributed by atoms with Crippen LogP contribution < -0.4 is 11.5 Å². The SMILES string of the molecule is CCCCCCC(C(=O)CCc1cc(C(C)(C)C)c(O)c(C(C)(C)C)c1)C(N)(N)C(=O)CCc1cc(C(C)(C)C)c(O)c(C(C)(C)C)c1. The first kappa shape index (κ1) is 41.5. The largest absolute Gasteiger partial charge is 0.507 e. The molecule has 1 unspecified atom stereocenters. The number of phenolic OH excluding ortho intramolecular Hbond substituents is 2. The Morgan fingerprint density at radius 3 is 1.29 bits per heavy atom. The van der Waals surface area contributed by atoms with E-state index in [9.17, 15) is 19.8 Å². The Labute approximate surface area is 292 Å². The van der Waals surface area contributed by atoms with Crippen LogP contribution in [-0.4, -0.2) is 27.4 Å². The Bertz CT molecular complexity index is 1360. The molecule has 0 spiro atoms. The highest BCUT2D eigenvalue weighted by atomic mass is 16.3. The maximum Gasteiger partial charge on any atom is 0.168 e. The Kier molecular flexibility index (Phi) is 13.4. The van der Waals surface area contributed by atoms with E-state index in [1.54, 1.807) is 0 Å². The van der Waals surface area contributed by atoms with Gasteiger partial charge in [0.15, 0.2) is 5.78 Å². The van der Waals surface area contributed by atoms with E-state index in [0.717, 1.165) is 59.1 Å². The summed E-state index contributed by atoms with van der Waals surface area (Å²) < 4.78 is 0. The molecule has 0 aliphatic heterocycles. The molecule has 0 saturated heterocycles. The Balaban J connectivity index is 2.39. The minimum absolute atomic E-state index is 0.0952. The molecule has 0 aliphatic carbocycles. The topological polar surface area (TPSA) is 127 Å². The minimum Gasteiger partial charge on any atom is -0.507 e. The summed E-state index contributed by atoms with van der Waals surface area (Å²) in [7, 11) is 0. The molecule has 0 amide bonds. The molecule has 2 rings (SSSR count). The number of aryl methyl sites for hydroxylation is 2. The quantitative estimate of drug-likeness (QED) is 0.118. The van der Waals surface area contributed by atoms with E-state index in [1.165, 1.54) is 0 Å². The van der Waals surface area contributed by atoms with Gasteiger partial charge in [-0.15, -0.1) is 0 Å². The lowest BCUT2D eigenvalue weighted by molar-refractivity contribution is -0.134. The van der Waals surface area contributed by atoms with E-state index in [1.807, 2.05) is 24.3 Å². The highest BCUT2D eigenvalue weighted by Gasteiger charge is 2.41. The zero-order valence-corrected chi connectivity index (χ0v) is 32.6. The molecule has 6 heteroatoms. The molecule has 0 heterocycles. The third kappa shape index (κ3) is 10.6. The van der Waals surface area contributed by atoms with E-state index in [4.69, 9.17) is 11.5 Å². The zero-order chi connectivity index (χ0) is 37.0. The third-order valence-electron chi connectivity index (χ3n) is 9.67. The van der Waals surface area contributed by atoms with E-state index in [2.05, 4.69) is 90.0 Å². The van der Waals surface area contributed by atoms with Gasteiger partial charge in [0.2, 0.25) is 0 Å². The highest BCUT2D eigenvalue weighted by Crippen LogP contribution is 2.41. The summed E-state index contributed by atoms with van der Waals surface area (Å²) in [5, 5.41) is 22.3. The molecule has 2 aromatic carbocycles. The summed E-state index contributed by atoms with van der Waals surface area (Å²) >= 11 is 0. The van der Waals surface area contributed by atoms with Gasteiger partial charge in [-0.05, 0) is 74.3 Å². The van der Waals surface area contributed by atoms with Crippen molar-refractivity contribution in [2.45, 2.75) is 175 Å². The molecular formula is C42H68N2O4. The van der Waals surface area contributed by atoms with Gasteiger partial charge in [-0.1, -0.05) is 140 Å². The molecule has 6 nitrogen and oxygen atoms in total. The average Bonchev–Trinajstić information content (AvgIpc) is 2.92. The van der Waals surface area contributed by atoms with Crippen LogP contribution in [0.2, 0.25) is 0 Å². The molecule has 0 radical (unpaired) electrons. The van der Waals surface area contributed by atoms with Crippen molar-refractivity contribution in [3.63, 3.8) is 0 Å². The fourth-order valence-electron chi connectivity index (χ4n) is 6.52. The molecule has 270 valence electrons. The first-order valence-electron chi connectivity index (χ1n) is 18.1. The molecule has 1 atom stereocenters. The summed E-state index contributed by atoms with van der Waals surface area (Å²) in [6, 6.07) is 7.98. The number of unbranched alkanes of at least 4 members (excludes halogenated alkanes) is 3. The first-order chi connectivity index (χ1) is 21.7. The second-order valence-electron chi connectivity index (χ2n) is 18.3. The number of benzene rings is 2. The molecule has 0 aliphatic rings. The lowest BCUT2D eigenvalue weighted by Gasteiger charge is -2.32. The van der Waals surface area contributed by atoms with Gasteiger partial charge in [-0.2, -0.15) is 0 Å². The summed E-state index contributed by atoms with van der Waals surface area (Å²) in [5.41, 5.74) is 15.8. The van der Waals surface area contributed by atoms with Crippen molar-refractivity contribution in [2.75, 3.05) is 0 Å². The summed E-state index contributed by atoms with van der Waals surface area (Å²) in [6.45, 7) is 27.0. The molecular weight excluding hydrogens is 596 g/mol. The van der Waals surface area contributed by atoms with Crippen LogP contribution in [-0.2, 0) is 44.1 Å². The van der Waals surface area contributed by atoms with Crippen LogP contribution in [0.5, 0.6) is 11.5 Å². The van der Waals surface area contributed by atoms with Gasteiger partial charge < -0.3 is 21.7 Å². The van der Waals surface area contributed by atoms with Crippen molar-refractivity contribution in [3.05, 3.63) is 57.6 Å². The van der Waals surface area contributed by atoms with Crippen molar-refractivity contribution in [3.8, 4) is 11.5 Å². The van der Waals surface area contributed by atoms with Gasteiger partial charge in [0.25, 0.3) is 0 Å². The smallest absolute Gasteiger partial charge is 0.168 e. The molecule has 2 aromatic rings. The molecule has 0 bridgehead atoms. The molecule has 0 fully saturated rings. The molecule has 6 N–H and O–H groups in total. The summed E-state index contributed by atoms with van der Waals surface area (Å²) in [6.07, 6.45) is 5.49. The Morgan fingerprint density at radius 2 is 0.958 bits per heavy atom. The summed E-state index contributed by atoms with van der Waals surface area (Å²) in [5.74, 6) is -0.605. The lowest BCUT2D eigenvalue weighted by Crippen LogP contribution is -2.63. The van der Waals surface area contributed by atoms with Gasteiger partial charge in [-0.25, -0.2) is 0 Å². The van der Waals surface area contributed by atoms with Crippen molar-refractivity contribution >= 4 is 11.6 Å². The number of rotatable bonds is 14. The number of carbonyl (C=O) groups excluding carboxylic acids is 2. The van der Waals surface area contributed by atoms with E-state index in [0.29, 0.717) is 30.8 Å². The van der Waals surface area contributed by atoms with Crippen molar-refractivity contribution in [2.24, 2.45) is 17.4 Å². The molecule has 48 heavy (non-hydrogen) atoms. The third-order valence-corrected chi connectivity index (χ3v) is 9.67. The second kappa shape index (κ2) is 15.5. The van der Waals surface area contributed by atoms with Gasteiger partial charge in [0, 0.05) is 12.8 Å². The first-order valence-corrected chi connectivity index (χ1v) is 18.1. The predicted molar refractivity (Wildman–Crippen MR) is 201 cm³/mol. The molecule has 0 aromatic heterocycles. The van der Waals surface area contributed by atoms with Gasteiger partial charge in [0.05, 0.1) is 5.92 Å². The normalized spacial score (nSPS) is 13.9. The van der Waals surface area contributed by atoms with Crippen LogP contribution >= 0.6 is 0 Å². The lowest BCUT2D eigenvalue weighted by atomic mass is 9.76.